The highest BCUT2D eigenvalue weighted by molar-refractivity contribution is 5.66. The van der Waals surface area contributed by atoms with Crippen LogP contribution in [0.2, 0.25) is 0 Å². The Hall–Kier alpha value is -2.96. The van der Waals surface area contributed by atoms with E-state index >= 15 is 0 Å². The number of hydrogen-bond donors (Lipinski definition) is 2. The quantitative estimate of drug-likeness (QED) is 0.657. The summed E-state index contributed by atoms with van der Waals surface area (Å²) in [4.78, 5) is 14.9. The molecule has 0 spiro atoms. The SMILES string of the molecule is C/C=C\C(COc1ccc(-c2ccn[nH]2)nc1)=C(\F)C(C)CCC(=O)O. The normalized spacial score (nSPS) is 13.5. The van der Waals surface area contributed by atoms with Gasteiger partial charge in [0.25, 0.3) is 0 Å². The number of allylic oxidation sites excluding steroid dienone is 2. The number of aliphatic carboxylic acids is 1. The third-order valence-corrected chi connectivity index (χ3v) is 3.81. The van der Waals surface area contributed by atoms with Crippen molar-refractivity contribution in [1.82, 2.24) is 15.2 Å². The summed E-state index contributed by atoms with van der Waals surface area (Å²) in [6.45, 7) is 3.50. The molecule has 0 fully saturated rings. The summed E-state index contributed by atoms with van der Waals surface area (Å²) in [5.74, 6) is -1.26. The highest BCUT2D eigenvalue weighted by Crippen LogP contribution is 2.24. The average Bonchev–Trinajstić information content (AvgIpc) is 3.17. The number of nitrogens with zero attached hydrogens (tertiary/aromatic N) is 2. The maximum Gasteiger partial charge on any atom is 0.303 e. The standard InChI is InChI=1S/C19H22FN3O3/c1-3-4-14(19(20)13(2)5-8-18(24)25)12-26-15-6-7-16(21-11-15)17-9-10-22-23-17/h3-4,6-7,9-11,13H,5,8,12H2,1-2H3,(H,22,23)(H,24,25)/b4-3-,19-14-. The number of aromatic nitrogens is 3. The fourth-order valence-electron chi connectivity index (χ4n) is 2.37. The molecule has 0 aliphatic rings. The second-order valence-corrected chi connectivity index (χ2v) is 5.84. The van der Waals surface area contributed by atoms with Gasteiger partial charge in [0.15, 0.2) is 0 Å². The summed E-state index contributed by atoms with van der Waals surface area (Å²) in [6, 6.07) is 5.35. The van der Waals surface area contributed by atoms with Crippen molar-refractivity contribution in [3.05, 3.63) is 54.1 Å². The van der Waals surface area contributed by atoms with Crippen molar-refractivity contribution in [2.24, 2.45) is 5.92 Å². The lowest BCUT2D eigenvalue weighted by molar-refractivity contribution is -0.137. The van der Waals surface area contributed by atoms with E-state index in [2.05, 4.69) is 15.2 Å². The van der Waals surface area contributed by atoms with Gasteiger partial charge in [0, 0.05) is 24.1 Å². The largest absolute Gasteiger partial charge is 0.487 e. The van der Waals surface area contributed by atoms with Crippen molar-refractivity contribution < 1.29 is 19.0 Å². The van der Waals surface area contributed by atoms with Crippen molar-refractivity contribution in [2.75, 3.05) is 6.61 Å². The third kappa shape index (κ3) is 5.54. The number of ether oxygens (including phenoxy) is 1. The minimum atomic E-state index is -0.933. The van der Waals surface area contributed by atoms with Crippen molar-refractivity contribution >= 4 is 5.97 Å². The molecule has 138 valence electrons. The Morgan fingerprint density at radius 3 is 2.81 bits per heavy atom. The summed E-state index contributed by atoms with van der Waals surface area (Å²) in [6.07, 6.45) is 6.74. The van der Waals surface area contributed by atoms with Gasteiger partial charge in [0.2, 0.25) is 0 Å². The zero-order valence-electron chi connectivity index (χ0n) is 14.8. The van der Waals surface area contributed by atoms with Gasteiger partial charge in [-0.25, -0.2) is 4.39 Å². The average molecular weight is 359 g/mol. The maximum absolute atomic E-state index is 14.6. The first-order valence-electron chi connectivity index (χ1n) is 8.33. The molecule has 0 radical (unpaired) electrons. The minimum Gasteiger partial charge on any atom is -0.487 e. The van der Waals surface area contributed by atoms with Crippen molar-refractivity contribution in [2.45, 2.75) is 26.7 Å². The molecule has 0 aromatic carbocycles. The number of carboxylic acids is 1. The van der Waals surface area contributed by atoms with Crippen molar-refractivity contribution in [3.63, 3.8) is 0 Å². The summed E-state index contributed by atoms with van der Waals surface area (Å²) >= 11 is 0. The number of aromatic amines is 1. The van der Waals surface area contributed by atoms with Crippen molar-refractivity contribution in [3.8, 4) is 17.1 Å². The van der Waals surface area contributed by atoms with Crippen LogP contribution in [0.25, 0.3) is 11.4 Å². The molecule has 2 aromatic rings. The molecule has 6 nitrogen and oxygen atoms in total. The lowest BCUT2D eigenvalue weighted by Crippen LogP contribution is -2.08. The Morgan fingerprint density at radius 2 is 2.23 bits per heavy atom. The van der Waals surface area contributed by atoms with Gasteiger partial charge in [-0.3, -0.25) is 14.9 Å². The first-order chi connectivity index (χ1) is 12.5. The van der Waals surface area contributed by atoms with Crippen LogP contribution in [0.1, 0.15) is 26.7 Å². The molecule has 0 bridgehead atoms. The molecule has 7 heteroatoms. The Kier molecular flexibility index (Phi) is 7.08. The third-order valence-electron chi connectivity index (χ3n) is 3.81. The van der Waals surface area contributed by atoms with Gasteiger partial charge in [-0.2, -0.15) is 5.10 Å². The van der Waals surface area contributed by atoms with Crippen LogP contribution in [-0.2, 0) is 4.79 Å². The molecule has 0 saturated carbocycles. The summed E-state index contributed by atoms with van der Waals surface area (Å²) in [7, 11) is 0. The van der Waals surface area contributed by atoms with E-state index in [4.69, 9.17) is 9.84 Å². The Bertz CT molecular complexity index is 768. The van der Waals surface area contributed by atoms with Gasteiger partial charge in [-0.15, -0.1) is 0 Å². The first kappa shape index (κ1) is 19.4. The fourth-order valence-corrected chi connectivity index (χ4v) is 2.37. The number of carbonyl (C=O) groups is 1. The molecule has 1 unspecified atom stereocenters. The molecule has 0 amide bonds. The molecule has 2 N–H and O–H groups in total. The molecule has 2 heterocycles. The van der Waals surface area contributed by atoms with Crippen LogP contribution in [0.5, 0.6) is 5.75 Å². The molecular formula is C19H22FN3O3. The topological polar surface area (TPSA) is 88.1 Å². The zero-order valence-corrected chi connectivity index (χ0v) is 14.8. The Labute approximate surface area is 151 Å². The van der Waals surface area contributed by atoms with E-state index in [1.807, 2.05) is 6.07 Å². The second-order valence-electron chi connectivity index (χ2n) is 5.84. The van der Waals surface area contributed by atoms with Gasteiger partial charge in [0.05, 0.1) is 17.6 Å². The van der Waals surface area contributed by atoms with E-state index in [1.165, 1.54) is 0 Å². The zero-order chi connectivity index (χ0) is 18.9. The molecule has 0 aliphatic carbocycles. The first-order valence-corrected chi connectivity index (χ1v) is 8.33. The predicted molar refractivity (Wildman–Crippen MR) is 96.3 cm³/mol. The summed E-state index contributed by atoms with van der Waals surface area (Å²) < 4.78 is 20.2. The van der Waals surface area contributed by atoms with E-state index in [9.17, 15) is 9.18 Å². The molecule has 2 aromatic heterocycles. The van der Waals surface area contributed by atoms with Crippen LogP contribution < -0.4 is 4.74 Å². The van der Waals surface area contributed by atoms with E-state index < -0.39 is 11.9 Å². The van der Waals surface area contributed by atoms with Gasteiger partial charge >= 0.3 is 5.97 Å². The monoisotopic (exact) mass is 359 g/mol. The lowest BCUT2D eigenvalue weighted by atomic mass is 10.0. The number of hydrogen-bond acceptors (Lipinski definition) is 4. The number of rotatable bonds is 9. The summed E-state index contributed by atoms with van der Waals surface area (Å²) in [5, 5.41) is 15.4. The van der Waals surface area contributed by atoms with Crippen LogP contribution in [0.4, 0.5) is 4.39 Å². The molecule has 0 aliphatic heterocycles. The second kappa shape index (κ2) is 9.50. The maximum atomic E-state index is 14.6. The number of nitrogens with one attached hydrogen (secondary N) is 1. The van der Waals surface area contributed by atoms with Crippen LogP contribution >= 0.6 is 0 Å². The Morgan fingerprint density at radius 1 is 1.42 bits per heavy atom. The highest BCUT2D eigenvalue weighted by atomic mass is 19.1. The number of halogens is 1. The van der Waals surface area contributed by atoms with E-state index in [0.717, 1.165) is 11.4 Å². The molecule has 1 atom stereocenters. The van der Waals surface area contributed by atoms with Crippen LogP contribution in [0.15, 0.2) is 54.1 Å². The number of pyridine rings is 1. The number of H-pyrrole nitrogens is 1. The number of carboxylic acid groups (broad SMARTS) is 1. The van der Waals surface area contributed by atoms with Crippen LogP contribution in [0.3, 0.4) is 0 Å². The molecule has 2 rings (SSSR count). The fraction of sp³-hybridized carbons (Fsp3) is 0.316. The van der Waals surface area contributed by atoms with Crippen LogP contribution in [0, 0.1) is 5.92 Å². The van der Waals surface area contributed by atoms with Crippen molar-refractivity contribution in [1.29, 1.82) is 0 Å². The summed E-state index contributed by atoms with van der Waals surface area (Å²) in [5.41, 5.74) is 1.92. The molecule has 26 heavy (non-hydrogen) atoms. The highest BCUT2D eigenvalue weighted by Gasteiger charge is 2.15. The Balaban J connectivity index is 2.03. The minimum absolute atomic E-state index is 0.0403. The lowest BCUT2D eigenvalue weighted by Gasteiger charge is -2.13. The van der Waals surface area contributed by atoms with E-state index in [-0.39, 0.29) is 25.3 Å². The van der Waals surface area contributed by atoms with Gasteiger partial charge in [-0.05, 0) is 31.5 Å². The van der Waals surface area contributed by atoms with E-state index in [1.54, 1.807) is 50.5 Å². The van der Waals surface area contributed by atoms with Crippen LogP contribution in [-0.4, -0.2) is 32.9 Å². The van der Waals surface area contributed by atoms with Gasteiger partial charge in [-0.1, -0.05) is 19.1 Å². The predicted octanol–water partition coefficient (Wildman–Crippen LogP) is 4.15. The molecule has 0 saturated heterocycles. The van der Waals surface area contributed by atoms with Gasteiger partial charge in [0.1, 0.15) is 18.2 Å². The van der Waals surface area contributed by atoms with Gasteiger partial charge < -0.3 is 9.84 Å². The smallest absolute Gasteiger partial charge is 0.303 e. The van der Waals surface area contributed by atoms with E-state index in [0.29, 0.717) is 11.3 Å². The molecular weight excluding hydrogens is 337 g/mol.